The number of nitrogens with one attached hydrogen (secondary N) is 1. The maximum atomic E-state index is 12.1. The van der Waals surface area contributed by atoms with Crippen LogP contribution in [0.2, 0.25) is 0 Å². The number of ether oxygens (including phenoxy) is 1. The minimum absolute atomic E-state index is 0.340. The molecule has 0 radical (unpaired) electrons. The van der Waals surface area contributed by atoms with Gasteiger partial charge in [0.1, 0.15) is 5.54 Å². The van der Waals surface area contributed by atoms with Gasteiger partial charge in [0, 0.05) is 37.9 Å². The molecule has 1 fully saturated rings. The minimum Gasteiger partial charge on any atom is -0.381 e. The number of nitrogens with two attached hydrogens (primary N) is 1. The van der Waals surface area contributed by atoms with Gasteiger partial charge >= 0.3 is 0 Å². The number of aromatic nitrogens is 1. The zero-order chi connectivity index (χ0) is 13.9. The zero-order valence-electron chi connectivity index (χ0n) is 10.8. The number of rotatable bonds is 3. The fourth-order valence-electron chi connectivity index (χ4n) is 2.04. The molecule has 2 rings (SSSR count). The van der Waals surface area contributed by atoms with Crippen molar-refractivity contribution in [3.8, 4) is 0 Å². The molecule has 102 valence electrons. The highest BCUT2D eigenvalue weighted by atomic mass is 16.5. The topological polar surface area (TPSA) is 94.3 Å². The maximum Gasteiger partial charge on any atom is 0.253 e. The molecule has 0 aliphatic carbocycles. The van der Waals surface area contributed by atoms with Crippen LogP contribution in [0.25, 0.3) is 0 Å². The Hall–Kier alpha value is -1.95. The number of amides is 2. The molecule has 19 heavy (non-hydrogen) atoms. The molecule has 0 atom stereocenters. The predicted molar refractivity (Wildman–Crippen MR) is 68.4 cm³/mol. The van der Waals surface area contributed by atoms with Gasteiger partial charge in [-0.3, -0.25) is 14.6 Å². The molecule has 2 heterocycles. The third-order valence-electron chi connectivity index (χ3n) is 3.34. The first-order valence-electron chi connectivity index (χ1n) is 6.16. The van der Waals surface area contributed by atoms with Crippen LogP contribution in [-0.2, 0) is 9.53 Å². The molecular formula is C13H17N3O3. The average molecular weight is 263 g/mol. The number of hydrogen-bond acceptors (Lipinski definition) is 4. The smallest absolute Gasteiger partial charge is 0.253 e. The Morgan fingerprint density at radius 3 is 2.58 bits per heavy atom. The number of carbonyl (C=O) groups is 2. The molecule has 2 amide bonds. The van der Waals surface area contributed by atoms with Crippen molar-refractivity contribution in [3.63, 3.8) is 0 Å². The Kier molecular flexibility index (Phi) is 3.80. The summed E-state index contributed by atoms with van der Waals surface area (Å²) in [5.41, 5.74) is 5.65. The second-order valence-electron chi connectivity index (χ2n) is 4.70. The van der Waals surface area contributed by atoms with Gasteiger partial charge in [-0.05, 0) is 19.1 Å². The molecule has 1 aromatic heterocycles. The molecule has 1 aliphatic rings. The fraction of sp³-hybridized carbons (Fsp3) is 0.462. The summed E-state index contributed by atoms with van der Waals surface area (Å²) < 4.78 is 5.21. The molecule has 1 aromatic rings. The third-order valence-corrected chi connectivity index (χ3v) is 3.34. The van der Waals surface area contributed by atoms with Crippen molar-refractivity contribution >= 4 is 11.8 Å². The van der Waals surface area contributed by atoms with Crippen LogP contribution in [0.15, 0.2) is 18.3 Å². The van der Waals surface area contributed by atoms with Crippen molar-refractivity contribution in [2.75, 3.05) is 13.2 Å². The van der Waals surface area contributed by atoms with Gasteiger partial charge in [0.2, 0.25) is 5.91 Å². The second-order valence-corrected chi connectivity index (χ2v) is 4.70. The van der Waals surface area contributed by atoms with Crippen molar-refractivity contribution in [3.05, 3.63) is 29.6 Å². The lowest BCUT2D eigenvalue weighted by molar-refractivity contribution is -0.127. The lowest BCUT2D eigenvalue weighted by Crippen LogP contribution is -2.60. The molecule has 0 saturated carbocycles. The highest BCUT2D eigenvalue weighted by Gasteiger charge is 2.40. The first-order valence-corrected chi connectivity index (χ1v) is 6.16. The van der Waals surface area contributed by atoms with Crippen molar-refractivity contribution < 1.29 is 14.3 Å². The van der Waals surface area contributed by atoms with Crippen LogP contribution in [0.4, 0.5) is 0 Å². The van der Waals surface area contributed by atoms with E-state index in [0.29, 0.717) is 31.6 Å². The predicted octanol–water partition coefficient (Wildman–Crippen LogP) is 0.154. The molecule has 0 spiro atoms. The van der Waals surface area contributed by atoms with Crippen LogP contribution in [-0.4, -0.2) is 35.6 Å². The normalized spacial score (nSPS) is 17.7. The van der Waals surface area contributed by atoms with Gasteiger partial charge in [0.15, 0.2) is 0 Å². The Balaban J connectivity index is 2.15. The van der Waals surface area contributed by atoms with E-state index in [0.717, 1.165) is 5.69 Å². The number of hydrogen-bond donors (Lipinski definition) is 2. The minimum atomic E-state index is -1.01. The SMILES string of the molecule is Cc1ccc(C(=O)NC2(C(N)=O)CCOCC2)cn1. The number of primary amides is 1. The molecular weight excluding hydrogens is 246 g/mol. The molecule has 0 unspecified atom stereocenters. The van der Waals surface area contributed by atoms with Crippen LogP contribution >= 0.6 is 0 Å². The van der Waals surface area contributed by atoms with Gasteiger partial charge in [-0.15, -0.1) is 0 Å². The maximum absolute atomic E-state index is 12.1. The van der Waals surface area contributed by atoms with Gasteiger partial charge in [-0.1, -0.05) is 0 Å². The molecule has 1 aliphatic heterocycles. The molecule has 1 saturated heterocycles. The molecule has 0 aromatic carbocycles. The van der Waals surface area contributed by atoms with Crippen LogP contribution in [0.1, 0.15) is 28.9 Å². The van der Waals surface area contributed by atoms with Gasteiger partial charge in [-0.2, -0.15) is 0 Å². The first kappa shape index (κ1) is 13.5. The van der Waals surface area contributed by atoms with E-state index in [4.69, 9.17) is 10.5 Å². The third kappa shape index (κ3) is 2.90. The number of carbonyl (C=O) groups excluding carboxylic acids is 2. The van der Waals surface area contributed by atoms with Crippen molar-refractivity contribution in [2.24, 2.45) is 5.73 Å². The Morgan fingerprint density at radius 2 is 2.05 bits per heavy atom. The van der Waals surface area contributed by atoms with Gasteiger partial charge in [0.25, 0.3) is 5.91 Å². The van der Waals surface area contributed by atoms with E-state index in [9.17, 15) is 9.59 Å². The van der Waals surface area contributed by atoms with E-state index in [1.54, 1.807) is 12.1 Å². The summed E-state index contributed by atoms with van der Waals surface area (Å²) >= 11 is 0. The van der Waals surface area contributed by atoms with Gasteiger partial charge in [0.05, 0.1) is 5.56 Å². The Labute approximate surface area is 111 Å². The first-order chi connectivity index (χ1) is 9.03. The standard InChI is InChI=1S/C13H17N3O3/c1-9-2-3-10(8-15-9)11(17)16-13(12(14)18)4-6-19-7-5-13/h2-3,8H,4-7H2,1H3,(H2,14,18)(H,16,17). The molecule has 6 nitrogen and oxygen atoms in total. The van der Waals surface area contributed by atoms with Crippen LogP contribution in [0.5, 0.6) is 0 Å². The molecule has 6 heteroatoms. The van der Waals surface area contributed by atoms with E-state index in [1.165, 1.54) is 6.20 Å². The Morgan fingerprint density at radius 1 is 1.37 bits per heavy atom. The largest absolute Gasteiger partial charge is 0.381 e. The summed E-state index contributed by atoms with van der Waals surface area (Å²) in [6.07, 6.45) is 2.28. The van der Waals surface area contributed by atoms with Crippen molar-refractivity contribution in [1.82, 2.24) is 10.3 Å². The lowest BCUT2D eigenvalue weighted by Gasteiger charge is -2.34. The number of pyridine rings is 1. The van der Waals surface area contributed by atoms with Crippen molar-refractivity contribution in [1.29, 1.82) is 0 Å². The van der Waals surface area contributed by atoms with E-state index in [2.05, 4.69) is 10.3 Å². The summed E-state index contributed by atoms with van der Waals surface area (Å²) in [4.78, 5) is 27.8. The average Bonchev–Trinajstić information content (AvgIpc) is 2.40. The number of aryl methyl sites for hydroxylation is 1. The number of nitrogens with zero attached hydrogens (tertiary/aromatic N) is 1. The lowest BCUT2D eigenvalue weighted by atomic mass is 9.89. The van der Waals surface area contributed by atoms with E-state index >= 15 is 0 Å². The molecule has 0 bridgehead atoms. The Bertz CT molecular complexity index is 478. The highest BCUT2D eigenvalue weighted by molar-refractivity contribution is 5.98. The van der Waals surface area contributed by atoms with E-state index < -0.39 is 11.4 Å². The van der Waals surface area contributed by atoms with Crippen LogP contribution < -0.4 is 11.1 Å². The van der Waals surface area contributed by atoms with Crippen molar-refractivity contribution in [2.45, 2.75) is 25.3 Å². The van der Waals surface area contributed by atoms with Gasteiger partial charge in [-0.25, -0.2) is 0 Å². The van der Waals surface area contributed by atoms with Gasteiger partial charge < -0.3 is 15.8 Å². The summed E-state index contributed by atoms with van der Waals surface area (Å²) in [5, 5.41) is 2.73. The summed E-state index contributed by atoms with van der Waals surface area (Å²) in [7, 11) is 0. The monoisotopic (exact) mass is 263 g/mol. The summed E-state index contributed by atoms with van der Waals surface area (Å²) in [6, 6.07) is 3.42. The summed E-state index contributed by atoms with van der Waals surface area (Å²) in [5.74, 6) is -0.863. The zero-order valence-corrected chi connectivity index (χ0v) is 10.8. The fourth-order valence-corrected chi connectivity index (χ4v) is 2.04. The molecule has 3 N–H and O–H groups in total. The van der Waals surface area contributed by atoms with Crippen LogP contribution in [0.3, 0.4) is 0 Å². The van der Waals surface area contributed by atoms with Crippen LogP contribution in [0, 0.1) is 6.92 Å². The second kappa shape index (κ2) is 5.36. The van der Waals surface area contributed by atoms with E-state index in [-0.39, 0.29) is 5.91 Å². The highest BCUT2D eigenvalue weighted by Crippen LogP contribution is 2.21. The summed E-state index contributed by atoms with van der Waals surface area (Å²) in [6.45, 7) is 2.66. The van der Waals surface area contributed by atoms with E-state index in [1.807, 2.05) is 6.92 Å². The quantitative estimate of drug-likeness (QED) is 0.811.